The Morgan fingerprint density at radius 2 is 1.75 bits per heavy atom. The number of likely N-dealkylation sites (tertiary alicyclic amines) is 1. The topological polar surface area (TPSA) is 96.0 Å². The first-order valence-corrected chi connectivity index (χ1v) is 9.46. The van der Waals surface area contributed by atoms with Crippen molar-refractivity contribution in [2.75, 3.05) is 26.2 Å². The molecule has 2 saturated heterocycles. The van der Waals surface area contributed by atoms with Crippen molar-refractivity contribution >= 4 is 23.8 Å². The molecule has 1 aromatic carbocycles. The minimum atomic E-state index is -1.24. The van der Waals surface area contributed by atoms with Gasteiger partial charge in [-0.05, 0) is 38.7 Å². The van der Waals surface area contributed by atoms with Crippen molar-refractivity contribution in [2.45, 2.75) is 38.6 Å². The highest BCUT2D eigenvalue weighted by Gasteiger charge is 2.49. The summed E-state index contributed by atoms with van der Waals surface area (Å²) in [7, 11) is 0. The third-order valence-electron chi connectivity index (χ3n) is 5.26. The van der Waals surface area contributed by atoms with Gasteiger partial charge in [-0.15, -0.1) is 0 Å². The van der Waals surface area contributed by atoms with Gasteiger partial charge < -0.3 is 15.0 Å². The van der Waals surface area contributed by atoms with Gasteiger partial charge in [-0.2, -0.15) is 0 Å². The van der Waals surface area contributed by atoms with Crippen LogP contribution in [0.2, 0.25) is 0 Å². The van der Waals surface area contributed by atoms with E-state index >= 15 is 0 Å². The molecule has 0 aromatic heterocycles. The van der Waals surface area contributed by atoms with E-state index in [1.54, 1.807) is 24.0 Å². The molecule has 0 unspecified atom stereocenters. The van der Waals surface area contributed by atoms with E-state index < -0.39 is 30.0 Å². The summed E-state index contributed by atoms with van der Waals surface area (Å²) in [6, 6.07) is 6.58. The Hall–Kier alpha value is -2.90. The summed E-state index contributed by atoms with van der Waals surface area (Å²) in [5.74, 6) is -1.57. The molecule has 0 saturated carbocycles. The third kappa shape index (κ3) is 4.00. The molecule has 0 radical (unpaired) electrons. The molecule has 150 valence electrons. The largest absolute Gasteiger partial charge is 0.454 e. The fourth-order valence-corrected chi connectivity index (χ4v) is 3.47. The van der Waals surface area contributed by atoms with Gasteiger partial charge in [-0.3, -0.25) is 19.3 Å². The Bertz CT molecular complexity index is 786. The molecule has 2 aliphatic rings. The van der Waals surface area contributed by atoms with E-state index in [9.17, 15) is 19.2 Å². The third-order valence-corrected chi connectivity index (χ3v) is 5.26. The van der Waals surface area contributed by atoms with Gasteiger partial charge in [0.15, 0.2) is 6.61 Å². The van der Waals surface area contributed by atoms with E-state index in [1.165, 1.54) is 0 Å². The zero-order valence-electron chi connectivity index (χ0n) is 16.2. The van der Waals surface area contributed by atoms with Crippen LogP contribution in [-0.2, 0) is 24.7 Å². The molecule has 28 heavy (non-hydrogen) atoms. The molecule has 8 heteroatoms. The highest BCUT2D eigenvalue weighted by Crippen LogP contribution is 2.28. The second kappa shape index (κ2) is 8.00. The van der Waals surface area contributed by atoms with Gasteiger partial charge in [0.25, 0.3) is 11.8 Å². The fraction of sp³-hybridized carbons (Fsp3) is 0.500. The van der Waals surface area contributed by atoms with Crippen LogP contribution < -0.4 is 5.32 Å². The van der Waals surface area contributed by atoms with Crippen LogP contribution in [0.5, 0.6) is 0 Å². The Kier molecular flexibility index (Phi) is 5.67. The first-order valence-electron chi connectivity index (χ1n) is 9.46. The lowest BCUT2D eigenvalue weighted by Crippen LogP contribution is -2.42. The first-order chi connectivity index (χ1) is 13.3. The van der Waals surface area contributed by atoms with Crippen LogP contribution in [0, 0.1) is 6.92 Å². The average molecular weight is 387 g/mol. The number of rotatable bonds is 5. The zero-order chi connectivity index (χ0) is 20.3. The molecule has 1 N–H and O–H groups in total. The highest BCUT2D eigenvalue weighted by atomic mass is 16.5. The number of nitrogens with one attached hydrogen (secondary N) is 1. The van der Waals surface area contributed by atoms with Crippen LogP contribution in [0.4, 0.5) is 4.79 Å². The van der Waals surface area contributed by atoms with Crippen molar-refractivity contribution in [3.05, 3.63) is 35.4 Å². The Morgan fingerprint density at radius 1 is 1.11 bits per heavy atom. The summed E-state index contributed by atoms with van der Waals surface area (Å²) in [5, 5.41) is 2.64. The number of hydrogen-bond acceptors (Lipinski definition) is 5. The molecule has 1 aromatic rings. The summed E-state index contributed by atoms with van der Waals surface area (Å²) >= 11 is 0. The molecule has 2 fully saturated rings. The summed E-state index contributed by atoms with van der Waals surface area (Å²) in [4.78, 5) is 51.7. The van der Waals surface area contributed by atoms with Crippen LogP contribution in [-0.4, -0.2) is 59.9 Å². The standard InChI is InChI=1S/C20H25N3O5/c1-14-6-8-15(9-7-14)20(2)18(26)23(19(27)21-20)12-17(25)28-13-16(24)22-10-4-3-5-11-22/h6-9H,3-5,10-13H2,1-2H3,(H,21,27)/t20-/m0/s1. The second-order valence-electron chi connectivity index (χ2n) is 7.41. The van der Waals surface area contributed by atoms with E-state index in [0.29, 0.717) is 18.7 Å². The predicted molar refractivity (Wildman–Crippen MR) is 100 cm³/mol. The van der Waals surface area contributed by atoms with Crippen molar-refractivity contribution in [1.82, 2.24) is 15.1 Å². The second-order valence-corrected chi connectivity index (χ2v) is 7.41. The van der Waals surface area contributed by atoms with E-state index in [1.807, 2.05) is 19.1 Å². The number of carbonyl (C=O) groups excluding carboxylic acids is 4. The Morgan fingerprint density at radius 3 is 2.39 bits per heavy atom. The summed E-state index contributed by atoms with van der Waals surface area (Å²) in [5.41, 5.74) is 0.421. The van der Waals surface area contributed by atoms with E-state index in [2.05, 4.69) is 5.32 Å². The van der Waals surface area contributed by atoms with Gasteiger partial charge in [-0.25, -0.2) is 4.79 Å². The molecule has 3 rings (SSSR count). The number of urea groups is 1. The lowest BCUT2D eigenvalue weighted by atomic mass is 9.91. The average Bonchev–Trinajstić information content (AvgIpc) is 2.91. The predicted octanol–water partition coefficient (Wildman–Crippen LogP) is 1.32. The van der Waals surface area contributed by atoms with E-state index in [0.717, 1.165) is 29.7 Å². The minimum Gasteiger partial charge on any atom is -0.454 e. The number of benzene rings is 1. The van der Waals surface area contributed by atoms with E-state index in [4.69, 9.17) is 4.74 Å². The quantitative estimate of drug-likeness (QED) is 0.607. The SMILES string of the molecule is Cc1ccc([C@]2(C)NC(=O)N(CC(=O)OCC(=O)N3CCCCC3)C2=O)cc1. The molecule has 4 amide bonds. The van der Waals surface area contributed by atoms with Gasteiger partial charge in [0.2, 0.25) is 0 Å². The number of aryl methyl sites for hydroxylation is 1. The summed E-state index contributed by atoms with van der Waals surface area (Å²) in [6.45, 7) is 3.95. The van der Waals surface area contributed by atoms with Crippen molar-refractivity contribution in [3.63, 3.8) is 0 Å². The van der Waals surface area contributed by atoms with Crippen molar-refractivity contribution in [2.24, 2.45) is 0 Å². The van der Waals surface area contributed by atoms with Crippen LogP contribution in [0.25, 0.3) is 0 Å². The maximum atomic E-state index is 12.8. The molecule has 0 spiro atoms. The lowest BCUT2D eigenvalue weighted by molar-refractivity contribution is -0.154. The Labute approximate surface area is 163 Å². The molecule has 2 heterocycles. The molecule has 0 bridgehead atoms. The molecule has 2 aliphatic heterocycles. The number of ether oxygens (including phenoxy) is 1. The number of imide groups is 1. The first kappa shape index (κ1) is 19.9. The smallest absolute Gasteiger partial charge is 0.326 e. The monoisotopic (exact) mass is 387 g/mol. The summed E-state index contributed by atoms with van der Waals surface area (Å²) < 4.78 is 5.00. The van der Waals surface area contributed by atoms with Crippen molar-refractivity contribution < 1.29 is 23.9 Å². The molecular formula is C20H25N3O5. The van der Waals surface area contributed by atoms with Gasteiger partial charge in [0.1, 0.15) is 12.1 Å². The number of piperidine rings is 1. The lowest BCUT2D eigenvalue weighted by Gasteiger charge is -2.26. The highest BCUT2D eigenvalue weighted by molar-refractivity contribution is 6.08. The number of esters is 1. The summed E-state index contributed by atoms with van der Waals surface area (Å²) in [6.07, 6.45) is 2.98. The van der Waals surface area contributed by atoms with Crippen LogP contribution in [0.15, 0.2) is 24.3 Å². The molecular weight excluding hydrogens is 362 g/mol. The maximum absolute atomic E-state index is 12.8. The molecule has 1 atom stereocenters. The number of hydrogen-bond donors (Lipinski definition) is 1. The number of amides is 4. The van der Waals surface area contributed by atoms with E-state index in [-0.39, 0.29) is 12.5 Å². The zero-order valence-corrected chi connectivity index (χ0v) is 16.2. The number of nitrogens with zero attached hydrogens (tertiary/aromatic N) is 2. The van der Waals surface area contributed by atoms with Crippen LogP contribution in [0.1, 0.15) is 37.3 Å². The fourth-order valence-electron chi connectivity index (χ4n) is 3.47. The minimum absolute atomic E-state index is 0.255. The normalized spacial score (nSPS) is 22.2. The molecule has 0 aliphatic carbocycles. The maximum Gasteiger partial charge on any atom is 0.326 e. The molecule has 8 nitrogen and oxygen atoms in total. The van der Waals surface area contributed by atoms with Crippen LogP contribution in [0.3, 0.4) is 0 Å². The van der Waals surface area contributed by atoms with Gasteiger partial charge in [0.05, 0.1) is 0 Å². The van der Waals surface area contributed by atoms with Crippen molar-refractivity contribution in [1.29, 1.82) is 0 Å². The Balaban J connectivity index is 1.58. The number of carbonyl (C=O) groups is 4. The van der Waals surface area contributed by atoms with Gasteiger partial charge in [-0.1, -0.05) is 29.8 Å². The van der Waals surface area contributed by atoms with Crippen molar-refractivity contribution in [3.8, 4) is 0 Å². The van der Waals surface area contributed by atoms with Crippen LogP contribution >= 0.6 is 0 Å². The van der Waals surface area contributed by atoms with Gasteiger partial charge in [0, 0.05) is 13.1 Å². The van der Waals surface area contributed by atoms with Gasteiger partial charge >= 0.3 is 12.0 Å².